The number of rotatable bonds is 6. The molecule has 0 N–H and O–H groups in total. The molecule has 4 atom stereocenters. The molecule has 0 spiro atoms. The molecule has 0 saturated heterocycles. The fourth-order valence-electron chi connectivity index (χ4n) is 3.60. The van der Waals surface area contributed by atoms with Gasteiger partial charge in [0, 0.05) is 5.56 Å². The van der Waals surface area contributed by atoms with E-state index in [4.69, 9.17) is 9.47 Å². The summed E-state index contributed by atoms with van der Waals surface area (Å²) in [7, 11) is 0. The highest BCUT2D eigenvalue weighted by molar-refractivity contribution is 9.40. The van der Waals surface area contributed by atoms with Crippen LogP contribution in [0.15, 0.2) is 54.6 Å². The van der Waals surface area contributed by atoms with Crippen LogP contribution in [0.2, 0.25) is 0 Å². The summed E-state index contributed by atoms with van der Waals surface area (Å²) in [6, 6.07) is 18.5. The van der Waals surface area contributed by atoms with E-state index in [0.29, 0.717) is 17.1 Å². The molecule has 2 aromatic rings. The predicted octanol–water partition coefficient (Wildman–Crippen LogP) is 7.46. The van der Waals surface area contributed by atoms with Gasteiger partial charge >= 0.3 is 5.97 Å². The molecule has 0 unspecified atom stereocenters. The van der Waals surface area contributed by atoms with Crippen molar-refractivity contribution in [2.75, 3.05) is 0 Å². The van der Waals surface area contributed by atoms with Gasteiger partial charge in [0.1, 0.15) is 19.7 Å². The van der Waals surface area contributed by atoms with Gasteiger partial charge in [0.15, 0.2) is 0 Å². The maximum Gasteiger partial charge on any atom is 0.311 e. The number of nitrogens with zero attached hydrogens (tertiary/aromatic N) is 1. The van der Waals surface area contributed by atoms with Gasteiger partial charge in [-0.3, -0.25) is 4.79 Å². The van der Waals surface area contributed by atoms with Crippen molar-refractivity contribution in [1.29, 1.82) is 5.26 Å². The van der Waals surface area contributed by atoms with Crippen LogP contribution in [-0.2, 0) is 9.53 Å². The lowest BCUT2D eigenvalue weighted by atomic mass is 10.1. The number of alkyl halides is 4. The molecule has 2 aromatic carbocycles. The van der Waals surface area contributed by atoms with Crippen LogP contribution in [0.5, 0.6) is 11.5 Å². The summed E-state index contributed by atoms with van der Waals surface area (Å²) in [5.74, 6) is 0.576. The van der Waals surface area contributed by atoms with E-state index in [2.05, 4.69) is 69.8 Å². The smallest absolute Gasteiger partial charge is 0.311 e. The number of ether oxygens (including phenoxy) is 2. The Labute approximate surface area is 209 Å². The van der Waals surface area contributed by atoms with Gasteiger partial charge in [-0.15, -0.1) is 0 Å². The molecule has 0 aliphatic heterocycles. The highest BCUT2D eigenvalue weighted by Gasteiger charge is 2.67. The lowest BCUT2D eigenvalue weighted by molar-refractivity contribution is -0.149. The summed E-state index contributed by atoms with van der Waals surface area (Å²) >= 11 is 14.2. The predicted molar refractivity (Wildman–Crippen MR) is 130 cm³/mol. The molecule has 0 bridgehead atoms. The average molecular weight is 665 g/mol. The molecule has 3 rings (SSSR count). The second-order valence-electron chi connectivity index (χ2n) is 7.70. The van der Waals surface area contributed by atoms with Crippen molar-refractivity contribution in [3.63, 3.8) is 0 Å². The lowest BCUT2D eigenvalue weighted by Crippen LogP contribution is -2.23. The molecule has 1 fully saturated rings. The molecule has 1 aliphatic carbocycles. The minimum Gasteiger partial charge on any atom is -0.457 e. The molecular weight excluding hydrogens is 646 g/mol. The van der Waals surface area contributed by atoms with Gasteiger partial charge in [-0.25, -0.2) is 0 Å². The van der Waals surface area contributed by atoms with Crippen LogP contribution in [0.25, 0.3) is 0 Å². The van der Waals surface area contributed by atoms with Crippen LogP contribution >= 0.6 is 63.7 Å². The summed E-state index contributed by atoms with van der Waals surface area (Å²) in [5, 5.41) is 9.65. The number of para-hydroxylation sites is 1. The van der Waals surface area contributed by atoms with Gasteiger partial charge in [0.05, 0.1) is 10.7 Å². The first kappa shape index (κ1) is 23.8. The van der Waals surface area contributed by atoms with Crippen molar-refractivity contribution in [2.24, 2.45) is 17.3 Å². The third kappa shape index (κ3) is 5.29. The Hall–Kier alpha value is -0.880. The summed E-state index contributed by atoms with van der Waals surface area (Å²) in [6.45, 7) is 4.04. The van der Waals surface area contributed by atoms with Gasteiger partial charge < -0.3 is 9.47 Å². The number of hydrogen-bond donors (Lipinski definition) is 0. The van der Waals surface area contributed by atoms with E-state index >= 15 is 0 Å². The zero-order valence-electron chi connectivity index (χ0n) is 16.2. The molecule has 0 heterocycles. The van der Waals surface area contributed by atoms with Crippen LogP contribution < -0.4 is 4.74 Å². The van der Waals surface area contributed by atoms with Gasteiger partial charge in [-0.1, -0.05) is 108 Å². The average Bonchev–Trinajstić information content (AvgIpc) is 3.27. The van der Waals surface area contributed by atoms with E-state index in [9.17, 15) is 10.1 Å². The minimum absolute atomic E-state index is 0.0233. The van der Waals surface area contributed by atoms with Crippen LogP contribution in [0, 0.1) is 28.6 Å². The number of nitriles is 1. The molecule has 1 saturated carbocycles. The molecule has 0 radical (unpaired) electrons. The van der Waals surface area contributed by atoms with E-state index in [1.165, 1.54) is 0 Å². The largest absolute Gasteiger partial charge is 0.457 e. The fourth-order valence-corrected chi connectivity index (χ4v) is 5.44. The molecule has 8 heteroatoms. The standard InChI is InChI=1S/C22H19Br4NO3/c1-21(2)17(19(23)22(24,25)26)18(21)20(28)30-16(12-27)13-7-6-10-15(11-13)29-14-8-4-3-5-9-14/h3-11,16-19H,1-2H3/t16-,17+,18-,19-/m0/s1. The van der Waals surface area contributed by atoms with Crippen molar-refractivity contribution in [1.82, 2.24) is 0 Å². The lowest BCUT2D eigenvalue weighted by Gasteiger charge is -2.21. The Morgan fingerprint density at radius 3 is 2.33 bits per heavy atom. The fraction of sp³-hybridized carbons (Fsp3) is 0.364. The second-order valence-corrected chi connectivity index (χ2v) is 15.6. The van der Waals surface area contributed by atoms with Crippen molar-refractivity contribution in [3.8, 4) is 17.6 Å². The first-order chi connectivity index (χ1) is 14.1. The topological polar surface area (TPSA) is 59.3 Å². The number of carbonyl (C=O) groups is 1. The third-order valence-corrected chi connectivity index (χ3v) is 9.86. The quantitative estimate of drug-likeness (QED) is 0.238. The zero-order valence-corrected chi connectivity index (χ0v) is 22.5. The normalized spacial score (nSPS) is 21.8. The molecule has 0 amide bonds. The van der Waals surface area contributed by atoms with Gasteiger partial charge in [0.2, 0.25) is 6.10 Å². The highest BCUT2D eigenvalue weighted by atomic mass is 80.0. The van der Waals surface area contributed by atoms with E-state index in [1.807, 2.05) is 44.2 Å². The molecule has 1 aliphatic rings. The molecule has 4 nitrogen and oxygen atoms in total. The van der Waals surface area contributed by atoms with Gasteiger partial charge in [-0.2, -0.15) is 5.26 Å². The van der Waals surface area contributed by atoms with Crippen molar-refractivity contribution >= 4 is 69.7 Å². The number of hydrogen-bond acceptors (Lipinski definition) is 4. The SMILES string of the molecule is CC1(C)[C@@H]([C@H](Br)C(Br)(Br)Br)[C@H]1C(=O)O[C@@H](C#N)c1cccc(Oc2ccccc2)c1. The van der Waals surface area contributed by atoms with Gasteiger partial charge in [0.25, 0.3) is 0 Å². The maximum absolute atomic E-state index is 12.9. The Morgan fingerprint density at radius 2 is 1.73 bits per heavy atom. The monoisotopic (exact) mass is 661 g/mol. The van der Waals surface area contributed by atoms with Crippen LogP contribution in [-0.4, -0.2) is 12.9 Å². The van der Waals surface area contributed by atoms with Crippen molar-refractivity contribution < 1.29 is 14.3 Å². The molecule has 158 valence electrons. The van der Waals surface area contributed by atoms with Crippen molar-refractivity contribution in [2.45, 2.75) is 26.9 Å². The maximum atomic E-state index is 12.9. The van der Waals surface area contributed by atoms with Crippen LogP contribution in [0.1, 0.15) is 25.5 Å². The summed E-state index contributed by atoms with van der Waals surface area (Å²) in [4.78, 5) is 12.8. The van der Waals surface area contributed by atoms with Crippen LogP contribution in [0.4, 0.5) is 0 Å². The third-order valence-electron chi connectivity index (χ3n) is 5.28. The number of halogens is 4. The van der Waals surface area contributed by atoms with E-state index in [-0.39, 0.29) is 28.0 Å². The Bertz CT molecular complexity index is 953. The van der Waals surface area contributed by atoms with E-state index < -0.39 is 8.25 Å². The van der Waals surface area contributed by atoms with Gasteiger partial charge in [-0.05, 0) is 35.6 Å². The van der Waals surface area contributed by atoms with Crippen LogP contribution in [0.3, 0.4) is 0 Å². The highest BCUT2D eigenvalue weighted by Crippen LogP contribution is 2.66. The number of carbonyl (C=O) groups excluding carboxylic acids is 1. The van der Waals surface area contributed by atoms with Crippen molar-refractivity contribution in [3.05, 3.63) is 60.2 Å². The van der Waals surface area contributed by atoms with E-state index in [0.717, 1.165) is 0 Å². The first-order valence-corrected chi connectivity index (χ1v) is 12.5. The first-order valence-electron chi connectivity index (χ1n) is 9.19. The molecular formula is C22H19Br4NO3. The number of esters is 1. The Balaban J connectivity index is 1.72. The second kappa shape index (κ2) is 9.32. The zero-order chi connectivity index (χ0) is 22.1. The summed E-state index contributed by atoms with van der Waals surface area (Å²) in [5.41, 5.74) is 0.310. The Morgan fingerprint density at radius 1 is 1.10 bits per heavy atom. The summed E-state index contributed by atoms with van der Waals surface area (Å²) in [6.07, 6.45) is -1.01. The molecule has 0 aromatic heterocycles. The number of benzene rings is 2. The molecule has 30 heavy (non-hydrogen) atoms. The summed E-state index contributed by atoms with van der Waals surface area (Å²) < 4.78 is 10.9. The van der Waals surface area contributed by atoms with E-state index in [1.54, 1.807) is 24.3 Å². The minimum atomic E-state index is -1.01. The Kier molecular flexibility index (Phi) is 7.38.